The van der Waals surface area contributed by atoms with E-state index in [-0.39, 0.29) is 5.82 Å². The highest BCUT2D eigenvalue weighted by molar-refractivity contribution is 6.15. The molecule has 1 nitrogen and oxygen atoms in total. The lowest BCUT2D eigenvalue weighted by atomic mass is 10.2. The predicted molar refractivity (Wildman–Crippen MR) is 38.6 cm³/mol. The second kappa shape index (κ2) is 2.53. The van der Waals surface area contributed by atoms with Crippen LogP contribution in [0.3, 0.4) is 0 Å². The number of nitrogens with one attached hydrogen (secondary N) is 1. The van der Waals surface area contributed by atoms with Crippen LogP contribution < -0.4 is 5.23 Å². The summed E-state index contributed by atoms with van der Waals surface area (Å²) in [6.45, 7) is 0. The van der Waals surface area contributed by atoms with E-state index in [1.807, 2.05) is 0 Å². The molecule has 0 radical (unpaired) electrons. The second-order valence-corrected chi connectivity index (χ2v) is 1.73. The minimum absolute atomic E-state index is 0.208. The molecule has 1 aromatic rings. The van der Waals surface area contributed by atoms with Crippen molar-refractivity contribution in [1.29, 1.82) is 0 Å². The first-order valence-corrected chi connectivity index (χ1v) is 2.77. The average molecular weight is 123 g/mol. The molecule has 0 aliphatic carbocycles. The summed E-state index contributed by atoms with van der Waals surface area (Å²) < 4.78 is 12.5. The van der Waals surface area contributed by atoms with Crippen LogP contribution in [-0.4, -0.2) is 7.98 Å². The molecule has 0 aliphatic heterocycles. The van der Waals surface area contributed by atoms with Gasteiger partial charge in [0.2, 0.25) is 7.98 Å². The first-order chi connectivity index (χ1) is 4.34. The van der Waals surface area contributed by atoms with Crippen LogP contribution >= 0.6 is 0 Å². The zero-order chi connectivity index (χ0) is 6.69. The molecule has 0 heterocycles. The van der Waals surface area contributed by atoms with Gasteiger partial charge in [0.25, 0.3) is 0 Å². The van der Waals surface area contributed by atoms with E-state index in [1.165, 1.54) is 6.07 Å². The average Bonchev–Trinajstić information content (AvgIpc) is 1.89. The monoisotopic (exact) mass is 123 g/mol. The van der Waals surface area contributed by atoms with Crippen LogP contribution in [0.25, 0.3) is 0 Å². The molecule has 3 heteroatoms. The minimum atomic E-state index is -0.208. The molecule has 0 amide bonds. The van der Waals surface area contributed by atoms with Crippen molar-refractivity contribution in [3.63, 3.8) is 0 Å². The van der Waals surface area contributed by atoms with Gasteiger partial charge in [0.1, 0.15) is 5.82 Å². The van der Waals surface area contributed by atoms with Crippen molar-refractivity contribution < 1.29 is 4.39 Å². The molecule has 0 aliphatic rings. The minimum Gasteiger partial charge on any atom is -0.432 e. The molecular formula is C6H7BFN. The van der Waals surface area contributed by atoms with Gasteiger partial charge < -0.3 is 5.23 Å². The number of benzene rings is 1. The second-order valence-electron chi connectivity index (χ2n) is 1.73. The summed E-state index contributed by atoms with van der Waals surface area (Å²) in [7, 11) is 1.69. The Morgan fingerprint density at radius 3 is 2.44 bits per heavy atom. The summed E-state index contributed by atoms with van der Waals surface area (Å²) in [4.78, 5) is 0. The summed E-state index contributed by atoms with van der Waals surface area (Å²) >= 11 is 0. The Bertz CT molecular complexity index is 202. The van der Waals surface area contributed by atoms with E-state index in [0.717, 1.165) is 0 Å². The topological polar surface area (TPSA) is 12.0 Å². The normalized spacial score (nSPS) is 9.00. The highest BCUT2D eigenvalue weighted by Gasteiger charge is 1.92. The third-order valence-corrected chi connectivity index (χ3v) is 1.14. The van der Waals surface area contributed by atoms with Crippen LogP contribution in [0.4, 0.5) is 10.1 Å². The molecule has 1 aromatic carbocycles. The van der Waals surface area contributed by atoms with Gasteiger partial charge in [-0.2, -0.15) is 0 Å². The fourth-order valence-electron chi connectivity index (χ4n) is 0.664. The zero-order valence-electron chi connectivity index (χ0n) is 5.19. The molecule has 0 aromatic heterocycles. The first kappa shape index (κ1) is 6.14. The van der Waals surface area contributed by atoms with Gasteiger partial charge in [-0.15, -0.1) is 0 Å². The molecule has 0 bridgehead atoms. The maximum Gasteiger partial charge on any atom is 0.214 e. The Morgan fingerprint density at radius 1 is 1.33 bits per heavy atom. The molecule has 9 heavy (non-hydrogen) atoms. The van der Waals surface area contributed by atoms with Crippen LogP contribution in [0.1, 0.15) is 0 Å². The highest BCUT2D eigenvalue weighted by atomic mass is 19.1. The Kier molecular flexibility index (Phi) is 1.73. The van der Waals surface area contributed by atoms with E-state index in [2.05, 4.69) is 5.23 Å². The van der Waals surface area contributed by atoms with Gasteiger partial charge in [-0.3, -0.25) is 0 Å². The van der Waals surface area contributed by atoms with E-state index in [1.54, 1.807) is 26.2 Å². The van der Waals surface area contributed by atoms with Gasteiger partial charge in [-0.05, 0) is 12.1 Å². The maximum absolute atomic E-state index is 12.5. The van der Waals surface area contributed by atoms with Crippen LogP contribution in [0.2, 0.25) is 0 Å². The number of para-hydroxylation sites is 1. The van der Waals surface area contributed by atoms with Crippen molar-refractivity contribution >= 4 is 13.7 Å². The number of hydrogen-bond donors (Lipinski definition) is 1. The van der Waals surface area contributed by atoms with Gasteiger partial charge in [-0.25, -0.2) is 4.39 Å². The third-order valence-electron chi connectivity index (χ3n) is 1.14. The molecular weight excluding hydrogens is 116 g/mol. The van der Waals surface area contributed by atoms with Crippen LogP contribution in [0.5, 0.6) is 0 Å². The lowest BCUT2D eigenvalue weighted by molar-refractivity contribution is 0.632. The van der Waals surface area contributed by atoms with E-state index in [4.69, 9.17) is 0 Å². The standard InChI is InChI=1S/C6H7BFN/c7-9-6-4-2-1-3-5(6)8/h1-4,9H,7H2. The van der Waals surface area contributed by atoms with E-state index < -0.39 is 0 Å². The highest BCUT2D eigenvalue weighted by Crippen LogP contribution is 2.09. The Balaban J connectivity index is 3.01. The van der Waals surface area contributed by atoms with Gasteiger partial charge in [0.05, 0.1) is 5.69 Å². The molecule has 46 valence electrons. The molecule has 0 fully saturated rings. The largest absolute Gasteiger partial charge is 0.432 e. The van der Waals surface area contributed by atoms with Gasteiger partial charge in [-0.1, -0.05) is 12.1 Å². The van der Waals surface area contributed by atoms with E-state index >= 15 is 0 Å². The zero-order valence-corrected chi connectivity index (χ0v) is 5.19. The van der Waals surface area contributed by atoms with Crippen molar-refractivity contribution in [2.45, 2.75) is 0 Å². The van der Waals surface area contributed by atoms with Gasteiger partial charge in [0.15, 0.2) is 0 Å². The van der Waals surface area contributed by atoms with Crippen molar-refractivity contribution in [1.82, 2.24) is 0 Å². The summed E-state index contributed by atoms with van der Waals surface area (Å²) in [5.41, 5.74) is 0.539. The molecule has 1 rings (SSSR count). The third kappa shape index (κ3) is 1.22. The van der Waals surface area contributed by atoms with Crippen LogP contribution in [-0.2, 0) is 0 Å². The lowest BCUT2D eigenvalue weighted by Gasteiger charge is -1.98. The SMILES string of the molecule is BNc1ccccc1F. The maximum atomic E-state index is 12.5. The smallest absolute Gasteiger partial charge is 0.214 e. The fraction of sp³-hybridized carbons (Fsp3) is 0. The number of halogens is 1. The molecule has 0 unspecified atom stereocenters. The molecule has 1 N–H and O–H groups in total. The van der Waals surface area contributed by atoms with Gasteiger partial charge >= 0.3 is 0 Å². The Hall–Kier alpha value is -0.985. The van der Waals surface area contributed by atoms with Crippen LogP contribution in [0.15, 0.2) is 24.3 Å². The van der Waals surface area contributed by atoms with Crippen LogP contribution in [0, 0.1) is 5.82 Å². The number of anilines is 1. The lowest BCUT2D eigenvalue weighted by Crippen LogP contribution is -1.92. The number of rotatable bonds is 1. The first-order valence-electron chi connectivity index (χ1n) is 2.77. The molecule has 0 spiro atoms. The van der Waals surface area contributed by atoms with E-state index in [0.29, 0.717) is 5.69 Å². The molecule has 0 atom stereocenters. The quantitative estimate of drug-likeness (QED) is 0.544. The Morgan fingerprint density at radius 2 is 2.00 bits per heavy atom. The summed E-state index contributed by atoms with van der Waals surface area (Å²) in [5, 5.41) is 2.72. The predicted octanol–water partition coefficient (Wildman–Crippen LogP) is 0.786. The van der Waals surface area contributed by atoms with Crippen molar-refractivity contribution in [3.05, 3.63) is 30.1 Å². The van der Waals surface area contributed by atoms with Crippen molar-refractivity contribution in [2.75, 3.05) is 5.23 Å². The van der Waals surface area contributed by atoms with Gasteiger partial charge in [0, 0.05) is 0 Å². The summed E-state index contributed by atoms with van der Waals surface area (Å²) in [6.07, 6.45) is 0. The Labute approximate surface area is 54.3 Å². The summed E-state index contributed by atoms with van der Waals surface area (Å²) in [5.74, 6) is -0.208. The number of hydrogen-bond acceptors (Lipinski definition) is 1. The summed E-state index contributed by atoms with van der Waals surface area (Å²) in [6, 6.07) is 6.56. The fourth-order valence-corrected chi connectivity index (χ4v) is 0.664. The van der Waals surface area contributed by atoms with E-state index in [9.17, 15) is 4.39 Å². The van der Waals surface area contributed by atoms with Crippen molar-refractivity contribution in [3.8, 4) is 0 Å². The van der Waals surface area contributed by atoms with Crippen molar-refractivity contribution in [2.24, 2.45) is 0 Å². The molecule has 0 saturated carbocycles. The molecule has 0 saturated heterocycles.